The van der Waals surface area contributed by atoms with Crippen LogP contribution < -0.4 is 16.0 Å². The van der Waals surface area contributed by atoms with E-state index in [9.17, 15) is 14.4 Å². The summed E-state index contributed by atoms with van der Waals surface area (Å²) >= 11 is 9.26. The third-order valence-corrected chi connectivity index (χ3v) is 10.8. The first-order valence-corrected chi connectivity index (χ1v) is 17.8. The van der Waals surface area contributed by atoms with Crippen molar-refractivity contribution in [2.75, 3.05) is 17.2 Å². The number of halogens is 1. The fourth-order valence-corrected chi connectivity index (χ4v) is 7.70. The van der Waals surface area contributed by atoms with Gasteiger partial charge in [0.1, 0.15) is 16.9 Å². The molecule has 49 heavy (non-hydrogen) atoms. The molecule has 1 aliphatic heterocycles. The molecule has 2 aromatic carbocycles. The van der Waals surface area contributed by atoms with Gasteiger partial charge in [-0.25, -0.2) is 4.98 Å². The zero-order chi connectivity index (χ0) is 34.8. The number of thiazole rings is 1. The minimum Gasteiger partial charge on any atom is -0.356 e. The maximum atomic E-state index is 13.3. The van der Waals surface area contributed by atoms with E-state index >= 15 is 0 Å². The van der Waals surface area contributed by atoms with E-state index in [1.807, 2.05) is 49.6 Å². The van der Waals surface area contributed by atoms with Crippen molar-refractivity contribution in [3.05, 3.63) is 103 Å². The molecular weight excluding hydrogens is 680 g/mol. The number of nitrogens with zero attached hydrogens (tertiary/aromatic N) is 5. The molecule has 3 amide bonds. The van der Waals surface area contributed by atoms with Crippen LogP contribution in [0, 0.1) is 34.6 Å². The number of hydrogen-bond acceptors (Lipinski definition) is 9. The number of fused-ring (bicyclic) bond motifs is 3. The number of para-hydroxylation sites is 1. The van der Waals surface area contributed by atoms with Gasteiger partial charge in [0.25, 0.3) is 5.91 Å². The molecule has 3 N–H and O–H groups in total. The average Bonchev–Trinajstić information content (AvgIpc) is 3.67. The monoisotopic (exact) mass is 714 g/mol. The maximum absolute atomic E-state index is 13.3. The van der Waals surface area contributed by atoms with Crippen LogP contribution in [-0.2, 0) is 9.59 Å². The quantitative estimate of drug-likeness (QED) is 0.132. The van der Waals surface area contributed by atoms with Crippen LogP contribution in [0.5, 0.6) is 0 Å². The van der Waals surface area contributed by atoms with E-state index < -0.39 is 6.04 Å². The number of thiophene rings is 1. The summed E-state index contributed by atoms with van der Waals surface area (Å²) in [4.78, 5) is 50.8. The molecule has 252 valence electrons. The molecule has 5 aromatic rings. The fourth-order valence-electron chi connectivity index (χ4n) is 5.55. The SMILES string of the molecule is Cc1nc(NC(=O)c2ccccc2NC(=O)CCCNC(=O)C[C@@H]2N=C(c3ccc(Cl)cc3)c3c(sc(C)c3C)-n3c(C)nnc32)sc1C. The summed E-state index contributed by atoms with van der Waals surface area (Å²) in [5.41, 5.74) is 5.38. The van der Waals surface area contributed by atoms with Gasteiger partial charge in [-0.05, 0) is 70.9 Å². The first-order chi connectivity index (χ1) is 23.5. The molecule has 0 saturated heterocycles. The van der Waals surface area contributed by atoms with Gasteiger partial charge >= 0.3 is 0 Å². The van der Waals surface area contributed by atoms with Gasteiger partial charge in [0.15, 0.2) is 11.0 Å². The third-order valence-electron chi connectivity index (χ3n) is 8.33. The number of rotatable bonds is 10. The number of nitrogens with one attached hydrogen (secondary N) is 3. The summed E-state index contributed by atoms with van der Waals surface area (Å²) in [5.74, 6) is 0.473. The zero-order valence-electron chi connectivity index (χ0n) is 27.7. The summed E-state index contributed by atoms with van der Waals surface area (Å²) in [5, 5.41) is 19.5. The molecule has 6 rings (SSSR count). The first kappa shape index (κ1) is 34.2. The number of hydrogen-bond donors (Lipinski definition) is 3. The number of carbonyl (C=O) groups is 3. The minimum atomic E-state index is -0.589. The summed E-state index contributed by atoms with van der Waals surface area (Å²) in [6.07, 6.45) is 0.601. The number of aromatic nitrogens is 4. The Hall–Kier alpha value is -4.72. The van der Waals surface area contributed by atoms with E-state index in [2.05, 4.69) is 45.0 Å². The van der Waals surface area contributed by atoms with E-state index in [4.69, 9.17) is 16.6 Å². The number of anilines is 2. The van der Waals surface area contributed by atoms with Crippen LogP contribution in [0.15, 0.2) is 53.5 Å². The van der Waals surface area contributed by atoms with Gasteiger partial charge in [-0.3, -0.25) is 29.3 Å². The van der Waals surface area contributed by atoms with Crippen molar-refractivity contribution in [3.8, 4) is 5.00 Å². The summed E-state index contributed by atoms with van der Waals surface area (Å²) < 4.78 is 2.01. The molecule has 1 aliphatic rings. The highest BCUT2D eigenvalue weighted by Gasteiger charge is 2.32. The predicted octanol–water partition coefficient (Wildman–Crippen LogP) is 7.05. The lowest BCUT2D eigenvalue weighted by Gasteiger charge is -2.13. The number of aryl methyl sites for hydroxylation is 4. The highest BCUT2D eigenvalue weighted by atomic mass is 35.5. The lowest BCUT2D eigenvalue weighted by Crippen LogP contribution is -2.27. The topological polar surface area (TPSA) is 143 Å². The Morgan fingerprint density at radius 1 is 0.898 bits per heavy atom. The highest BCUT2D eigenvalue weighted by molar-refractivity contribution is 7.16. The van der Waals surface area contributed by atoms with E-state index in [1.165, 1.54) is 16.2 Å². The predicted molar refractivity (Wildman–Crippen MR) is 195 cm³/mol. The standard InChI is InChI=1S/C35H35ClN8O3S2/c1-18-20(3)48-34-30(18)31(23-12-14-24(36)15-13-23)40-27(32-43-42-22(5)44(32)34)17-29(46)37-16-8-11-28(45)39-26-10-7-6-9-25(26)33(47)41-35-38-19(2)21(4)49-35/h6-7,9-10,12-15,27H,8,11,16-17H2,1-5H3,(H,37,46)(H,39,45)(H,38,41,47)/t27-/m0/s1. The molecular formula is C35H35ClN8O3S2. The Balaban J connectivity index is 1.10. The van der Waals surface area contributed by atoms with Crippen LogP contribution >= 0.6 is 34.3 Å². The van der Waals surface area contributed by atoms with Gasteiger partial charge in [0, 0.05) is 38.9 Å². The van der Waals surface area contributed by atoms with Crippen LogP contribution in [0.2, 0.25) is 5.02 Å². The maximum Gasteiger partial charge on any atom is 0.259 e. The summed E-state index contributed by atoms with van der Waals surface area (Å²) in [7, 11) is 0. The summed E-state index contributed by atoms with van der Waals surface area (Å²) in [6, 6.07) is 13.8. The Morgan fingerprint density at radius 3 is 2.39 bits per heavy atom. The van der Waals surface area contributed by atoms with Crippen molar-refractivity contribution in [1.29, 1.82) is 0 Å². The van der Waals surface area contributed by atoms with Gasteiger partial charge in [-0.1, -0.05) is 35.9 Å². The van der Waals surface area contributed by atoms with Gasteiger partial charge in [0.05, 0.1) is 29.1 Å². The van der Waals surface area contributed by atoms with Crippen molar-refractivity contribution in [3.63, 3.8) is 0 Å². The van der Waals surface area contributed by atoms with Crippen molar-refractivity contribution in [1.82, 2.24) is 25.1 Å². The first-order valence-electron chi connectivity index (χ1n) is 15.8. The number of carbonyl (C=O) groups excluding carboxylic acids is 3. The van der Waals surface area contributed by atoms with Crippen molar-refractivity contribution >= 4 is 68.5 Å². The second-order valence-corrected chi connectivity index (χ2v) is 14.6. The van der Waals surface area contributed by atoms with Gasteiger partial charge in [0.2, 0.25) is 11.8 Å². The Labute approximate surface area is 296 Å². The van der Waals surface area contributed by atoms with E-state index in [0.717, 1.165) is 38.0 Å². The largest absolute Gasteiger partial charge is 0.356 e. The van der Waals surface area contributed by atoms with Crippen molar-refractivity contribution < 1.29 is 14.4 Å². The summed E-state index contributed by atoms with van der Waals surface area (Å²) in [6.45, 7) is 10.2. The second-order valence-electron chi connectivity index (χ2n) is 11.8. The minimum absolute atomic E-state index is 0.0506. The molecule has 0 unspecified atom stereocenters. The second kappa shape index (κ2) is 14.4. The van der Waals surface area contributed by atoms with E-state index in [1.54, 1.807) is 35.6 Å². The normalized spacial score (nSPS) is 13.6. The lowest BCUT2D eigenvalue weighted by atomic mass is 9.99. The Morgan fingerprint density at radius 2 is 1.65 bits per heavy atom. The molecule has 1 atom stereocenters. The zero-order valence-corrected chi connectivity index (χ0v) is 30.1. The Kier molecular flexibility index (Phi) is 10.0. The van der Waals surface area contributed by atoms with Crippen LogP contribution in [0.25, 0.3) is 5.00 Å². The van der Waals surface area contributed by atoms with Crippen LogP contribution in [-0.4, -0.2) is 49.7 Å². The number of amides is 3. The molecule has 0 spiro atoms. The fraction of sp³-hybridized carbons (Fsp3) is 0.286. The number of aliphatic imine (C=N–C) groups is 1. The van der Waals surface area contributed by atoms with Gasteiger partial charge < -0.3 is 10.6 Å². The van der Waals surface area contributed by atoms with Gasteiger partial charge in [-0.2, -0.15) is 0 Å². The highest BCUT2D eigenvalue weighted by Crippen LogP contribution is 2.39. The molecule has 0 fully saturated rings. The smallest absolute Gasteiger partial charge is 0.259 e. The lowest BCUT2D eigenvalue weighted by molar-refractivity contribution is -0.122. The Bertz CT molecular complexity index is 2080. The van der Waals surface area contributed by atoms with Crippen LogP contribution in [0.3, 0.4) is 0 Å². The molecule has 0 saturated carbocycles. The van der Waals surface area contributed by atoms with Crippen molar-refractivity contribution in [2.24, 2.45) is 4.99 Å². The number of benzene rings is 2. The molecule has 11 nitrogen and oxygen atoms in total. The van der Waals surface area contributed by atoms with Crippen LogP contribution in [0.4, 0.5) is 10.8 Å². The third kappa shape index (κ3) is 7.33. The van der Waals surface area contributed by atoms with Gasteiger partial charge in [-0.15, -0.1) is 32.9 Å². The molecule has 4 heterocycles. The van der Waals surface area contributed by atoms with E-state index in [-0.39, 0.29) is 37.1 Å². The molecule has 14 heteroatoms. The average molecular weight is 715 g/mol. The van der Waals surface area contributed by atoms with Crippen molar-refractivity contribution in [2.45, 2.75) is 59.9 Å². The molecule has 0 radical (unpaired) electrons. The van der Waals surface area contributed by atoms with E-state index in [0.29, 0.717) is 39.5 Å². The van der Waals surface area contributed by atoms with Crippen LogP contribution in [0.1, 0.15) is 79.4 Å². The molecule has 0 aliphatic carbocycles. The molecule has 3 aromatic heterocycles. The molecule has 0 bridgehead atoms.